The van der Waals surface area contributed by atoms with Gasteiger partial charge in [-0.2, -0.15) is 0 Å². The third-order valence-electron chi connectivity index (χ3n) is 6.90. The van der Waals surface area contributed by atoms with E-state index in [2.05, 4.69) is 17.6 Å². The maximum absolute atomic E-state index is 14.4. The van der Waals surface area contributed by atoms with Gasteiger partial charge in [0.15, 0.2) is 0 Å². The Kier molecular flexibility index (Phi) is 15.5. The first-order chi connectivity index (χ1) is 19.2. The van der Waals surface area contributed by atoms with E-state index in [4.69, 9.17) is 9.47 Å². The Labute approximate surface area is 247 Å². The average Bonchev–Trinajstić information content (AvgIpc) is 2.88. The topological polar surface area (TPSA) is 114 Å². The minimum Gasteiger partial charge on any atom is -0.466 e. The van der Waals surface area contributed by atoms with Gasteiger partial charge >= 0.3 is 12.1 Å². The number of ether oxygens (including phenoxy) is 2. The maximum Gasteiger partial charge on any atom is 0.408 e. The van der Waals surface area contributed by atoms with Crippen LogP contribution >= 0.6 is 0 Å². The molecule has 232 valence electrons. The van der Waals surface area contributed by atoms with Gasteiger partial charge in [-0.25, -0.2) is 4.79 Å². The number of alkyl carbamates (subject to hydrolysis) is 1. The SMILES string of the molecule is CCCCCCN(C(=O)C(NC(=O)OC(C)(C)C)C(C)CC)C(C(=O)NCCC(=O)OCC)c1ccc(C)cc1C. The smallest absolute Gasteiger partial charge is 0.408 e. The van der Waals surface area contributed by atoms with Crippen molar-refractivity contribution in [2.24, 2.45) is 5.92 Å². The van der Waals surface area contributed by atoms with E-state index >= 15 is 0 Å². The van der Waals surface area contributed by atoms with Crippen LogP contribution in [-0.4, -0.2) is 60.1 Å². The van der Waals surface area contributed by atoms with Crippen LogP contribution in [0.1, 0.15) is 110 Å². The Hall–Kier alpha value is -3.10. The Morgan fingerprint density at radius 2 is 1.68 bits per heavy atom. The predicted octanol–water partition coefficient (Wildman–Crippen LogP) is 5.76. The molecular formula is C32H53N3O6. The van der Waals surface area contributed by atoms with Gasteiger partial charge < -0.3 is 25.0 Å². The summed E-state index contributed by atoms with van der Waals surface area (Å²) in [5.74, 6) is -1.33. The molecule has 0 heterocycles. The van der Waals surface area contributed by atoms with Crippen molar-refractivity contribution in [3.05, 3.63) is 34.9 Å². The first kappa shape index (κ1) is 35.9. The quantitative estimate of drug-likeness (QED) is 0.191. The average molecular weight is 576 g/mol. The van der Waals surface area contributed by atoms with Crippen molar-refractivity contribution >= 4 is 23.9 Å². The molecule has 0 bridgehead atoms. The Morgan fingerprint density at radius 1 is 1.00 bits per heavy atom. The number of rotatable bonds is 16. The number of carbonyl (C=O) groups excluding carboxylic acids is 4. The molecule has 3 atom stereocenters. The van der Waals surface area contributed by atoms with Gasteiger partial charge in [-0.15, -0.1) is 0 Å². The minimum atomic E-state index is -0.945. The van der Waals surface area contributed by atoms with E-state index in [0.717, 1.165) is 30.4 Å². The highest BCUT2D eigenvalue weighted by Crippen LogP contribution is 2.28. The van der Waals surface area contributed by atoms with E-state index in [-0.39, 0.29) is 37.3 Å². The van der Waals surface area contributed by atoms with Crippen LogP contribution in [0, 0.1) is 19.8 Å². The van der Waals surface area contributed by atoms with Crippen molar-refractivity contribution in [2.75, 3.05) is 19.7 Å². The largest absolute Gasteiger partial charge is 0.466 e. The summed E-state index contributed by atoms with van der Waals surface area (Å²) in [6.45, 7) is 17.6. The lowest BCUT2D eigenvalue weighted by Crippen LogP contribution is -2.55. The highest BCUT2D eigenvalue weighted by Gasteiger charge is 2.38. The van der Waals surface area contributed by atoms with E-state index in [0.29, 0.717) is 24.9 Å². The van der Waals surface area contributed by atoms with Crippen LogP contribution in [0.5, 0.6) is 0 Å². The van der Waals surface area contributed by atoms with E-state index in [1.54, 1.807) is 32.6 Å². The Balaban J connectivity index is 3.53. The first-order valence-corrected chi connectivity index (χ1v) is 15.1. The second kappa shape index (κ2) is 17.7. The van der Waals surface area contributed by atoms with Crippen molar-refractivity contribution in [2.45, 2.75) is 119 Å². The van der Waals surface area contributed by atoms with Crippen LogP contribution in [0.2, 0.25) is 0 Å². The van der Waals surface area contributed by atoms with E-state index in [1.165, 1.54) is 0 Å². The van der Waals surface area contributed by atoms with Gasteiger partial charge in [0.2, 0.25) is 11.8 Å². The van der Waals surface area contributed by atoms with Crippen molar-refractivity contribution in [3.8, 4) is 0 Å². The molecule has 3 amide bonds. The molecule has 1 aromatic carbocycles. The van der Waals surface area contributed by atoms with Crippen molar-refractivity contribution in [3.63, 3.8) is 0 Å². The molecule has 1 rings (SSSR count). The lowest BCUT2D eigenvalue weighted by atomic mass is 9.93. The van der Waals surface area contributed by atoms with E-state index in [1.807, 2.05) is 45.9 Å². The lowest BCUT2D eigenvalue weighted by Gasteiger charge is -2.36. The molecule has 0 aliphatic rings. The fraction of sp³-hybridized carbons (Fsp3) is 0.688. The van der Waals surface area contributed by atoms with E-state index in [9.17, 15) is 19.2 Å². The molecule has 2 N–H and O–H groups in total. The molecule has 41 heavy (non-hydrogen) atoms. The van der Waals surface area contributed by atoms with Crippen molar-refractivity contribution in [1.29, 1.82) is 0 Å². The number of benzene rings is 1. The fourth-order valence-electron chi connectivity index (χ4n) is 4.57. The zero-order chi connectivity index (χ0) is 31.2. The second-order valence-electron chi connectivity index (χ2n) is 11.7. The molecule has 0 spiro atoms. The van der Waals surface area contributed by atoms with Gasteiger partial charge in [0, 0.05) is 13.1 Å². The van der Waals surface area contributed by atoms with Crippen molar-refractivity contribution in [1.82, 2.24) is 15.5 Å². The number of nitrogens with one attached hydrogen (secondary N) is 2. The van der Waals surface area contributed by atoms with Crippen LogP contribution < -0.4 is 10.6 Å². The molecule has 9 heteroatoms. The molecule has 0 saturated carbocycles. The Morgan fingerprint density at radius 3 is 2.24 bits per heavy atom. The minimum absolute atomic E-state index is 0.0271. The summed E-state index contributed by atoms with van der Waals surface area (Å²) >= 11 is 0. The summed E-state index contributed by atoms with van der Waals surface area (Å²) in [7, 11) is 0. The Bertz CT molecular complexity index is 1000. The monoisotopic (exact) mass is 575 g/mol. The van der Waals surface area contributed by atoms with Gasteiger partial charge in [-0.3, -0.25) is 14.4 Å². The zero-order valence-electron chi connectivity index (χ0n) is 26.7. The third-order valence-corrected chi connectivity index (χ3v) is 6.90. The predicted molar refractivity (Wildman–Crippen MR) is 161 cm³/mol. The molecule has 0 aliphatic heterocycles. The molecule has 9 nitrogen and oxygen atoms in total. The molecular weight excluding hydrogens is 522 g/mol. The summed E-state index contributed by atoms with van der Waals surface area (Å²) in [5.41, 5.74) is 1.89. The number of esters is 1. The number of unbranched alkanes of at least 4 members (excludes halogenated alkanes) is 3. The molecule has 0 aromatic heterocycles. The van der Waals surface area contributed by atoms with Crippen LogP contribution in [0.15, 0.2) is 18.2 Å². The van der Waals surface area contributed by atoms with Gasteiger partial charge in [0.05, 0.1) is 13.0 Å². The van der Waals surface area contributed by atoms with Crippen LogP contribution in [0.4, 0.5) is 4.79 Å². The van der Waals surface area contributed by atoms with Gasteiger partial charge in [0.1, 0.15) is 17.7 Å². The van der Waals surface area contributed by atoms with Crippen LogP contribution in [0.25, 0.3) is 0 Å². The van der Waals surface area contributed by atoms with Gasteiger partial charge in [0.25, 0.3) is 0 Å². The summed E-state index contributed by atoms with van der Waals surface area (Å²) in [5, 5.41) is 5.66. The summed E-state index contributed by atoms with van der Waals surface area (Å²) in [6, 6.07) is 3.96. The molecule has 0 fully saturated rings. The number of nitrogens with zero attached hydrogens (tertiary/aromatic N) is 1. The highest BCUT2D eigenvalue weighted by atomic mass is 16.6. The molecule has 3 unspecified atom stereocenters. The summed E-state index contributed by atoms with van der Waals surface area (Å²) in [4.78, 5) is 54.6. The lowest BCUT2D eigenvalue weighted by molar-refractivity contribution is -0.145. The number of carbonyl (C=O) groups is 4. The highest BCUT2D eigenvalue weighted by molar-refractivity contribution is 5.92. The number of hydrogen-bond acceptors (Lipinski definition) is 6. The number of amides is 3. The van der Waals surface area contributed by atoms with Crippen LogP contribution in [-0.2, 0) is 23.9 Å². The number of aryl methyl sites for hydroxylation is 2. The zero-order valence-corrected chi connectivity index (χ0v) is 26.7. The van der Waals surface area contributed by atoms with Gasteiger partial charge in [-0.05, 0) is 65.0 Å². The molecule has 0 aliphatic carbocycles. The van der Waals surface area contributed by atoms with Crippen LogP contribution in [0.3, 0.4) is 0 Å². The fourth-order valence-corrected chi connectivity index (χ4v) is 4.57. The van der Waals surface area contributed by atoms with E-state index < -0.39 is 29.7 Å². The number of hydrogen-bond donors (Lipinski definition) is 2. The normalized spacial score (nSPS) is 13.5. The second-order valence-corrected chi connectivity index (χ2v) is 11.7. The first-order valence-electron chi connectivity index (χ1n) is 15.1. The van der Waals surface area contributed by atoms with Gasteiger partial charge in [-0.1, -0.05) is 70.2 Å². The maximum atomic E-state index is 14.4. The molecule has 1 aromatic rings. The molecule has 0 radical (unpaired) electrons. The van der Waals surface area contributed by atoms with Crippen molar-refractivity contribution < 1.29 is 28.7 Å². The standard InChI is InChI=1S/C32H53N3O6/c1-10-13-14-15-20-35(30(38)27(23(5)11-2)34-31(39)41-32(7,8)9)28(25-17-16-22(4)21-24(25)6)29(37)33-19-18-26(36)40-12-3/h16-17,21,23,27-28H,10-15,18-20H2,1-9H3,(H,33,37)(H,34,39). The summed E-state index contributed by atoms with van der Waals surface area (Å²) in [6.07, 6.45) is 3.62. The summed E-state index contributed by atoms with van der Waals surface area (Å²) < 4.78 is 10.5. The molecule has 0 saturated heterocycles. The third kappa shape index (κ3) is 12.5.